The number of methoxy groups -OCH3 is 1. The molecule has 0 bridgehead atoms. The van der Waals surface area contributed by atoms with Crippen molar-refractivity contribution in [2.24, 2.45) is 0 Å². The molecular formula is C17H20N4OS3. The first-order chi connectivity index (χ1) is 12.3. The SMILES string of the molecule is CCCCNc1nnc(SCc2csc(-c3ccccc3OC)n2)s1. The predicted octanol–water partition coefficient (Wildman–Crippen LogP) is 5.17. The summed E-state index contributed by atoms with van der Waals surface area (Å²) in [5.74, 6) is 1.64. The zero-order chi connectivity index (χ0) is 17.5. The van der Waals surface area contributed by atoms with E-state index in [2.05, 4.69) is 27.8 Å². The van der Waals surface area contributed by atoms with Gasteiger partial charge in [-0.3, -0.25) is 0 Å². The van der Waals surface area contributed by atoms with E-state index in [0.717, 1.165) is 50.2 Å². The van der Waals surface area contributed by atoms with Gasteiger partial charge in [0.15, 0.2) is 4.34 Å². The Balaban J connectivity index is 1.59. The maximum atomic E-state index is 5.42. The summed E-state index contributed by atoms with van der Waals surface area (Å²) in [5, 5.41) is 15.7. The van der Waals surface area contributed by atoms with E-state index >= 15 is 0 Å². The maximum Gasteiger partial charge on any atom is 0.206 e. The molecule has 1 N–H and O–H groups in total. The third-order valence-corrected chi connectivity index (χ3v) is 6.42. The van der Waals surface area contributed by atoms with Crippen LogP contribution in [0.2, 0.25) is 0 Å². The molecule has 2 heterocycles. The molecule has 0 saturated carbocycles. The van der Waals surface area contributed by atoms with Gasteiger partial charge in [-0.25, -0.2) is 4.98 Å². The predicted molar refractivity (Wildman–Crippen MR) is 107 cm³/mol. The number of anilines is 1. The normalized spacial score (nSPS) is 10.8. The molecule has 0 atom stereocenters. The molecule has 0 radical (unpaired) electrons. The molecule has 0 saturated heterocycles. The number of thioether (sulfide) groups is 1. The number of para-hydroxylation sites is 1. The summed E-state index contributed by atoms with van der Waals surface area (Å²) in [4.78, 5) is 4.73. The number of unbranched alkanes of at least 4 members (excludes halogenated alkanes) is 1. The highest BCUT2D eigenvalue weighted by atomic mass is 32.2. The molecule has 132 valence electrons. The lowest BCUT2D eigenvalue weighted by Crippen LogP contribution is -1.99. The number of nitrogens with one attached hydrogen (secondary N) is 1. The Morgan fingerprint density at radius 3 is 2.96 bits per heavy atom. The first kappa shape index (κ1) is 18.2. The maximum absolute atomic E-state index is 5.42. The van der Waals surface area contributed by atoms with Gasteiger partial charge in [-0.05, 0) is 18.6 Å². The summed E-state index contributed by atoms with van der Waals surface area (Å²) in [7, 11) is 1.69. The fourth-order valence-electron chi connectivity index (χ4n) is 2.17. The molecule has 0 spiro atoms. The minimum absolute atomic E-state index is 0.787. The number of hydrogen-bond acceptors (Lipinski definition) is 8. The number of rotatable bonds is 9. The van der Waals surface area contributed by atoms with Crippen LogP contribution in [-0.4, -0.2) is 28.8 Å². The number of aromatic nitrogens is 3. The molecule has 0 aliphatic rings. The van der Waals surface area contributed by atoms with Gasteiger partial charge in [-0.15, -0.1) is 21.5 Å². The first-order valence-corrected chi connectivity index (χ1v) is 10.8. The van der Waals surface area contributed by atoms with Gasteiger partial charge in [0.25, 0.3) is 0 Å². The van der Waals surface area contributed by atoms with Crippen molar-refractivity contribution < 1.29 is 4.74 Å². The van der Waals surface area contributed by atoms with Crippen molar-refractivity contribution in [3.05, 3.63) is 35.3 Å². The van der Waals surface area contributed by atoms with Gasteiger partial charge in [0, 0.05) is 17.7 Å². The quantitative estimate of drug-likeness (QED) is 0.400. The van der Waals surface area contributed by atoms with Crippen LogP contribution < -0.4 is 10.1 Å². The Bertz CT molecular complexity index is 803. The van der Waals surface area contributed by atoms with Crippen LogP contribution in [-0.2, 0) is 5.75 Å². The summed E-state index contributed by atoms with van der Waals surface area (Å²) in [5.41, 5.74) is 2.08. The molecule has 3 rings (SSSR count). The van der Waals surface area contributed by atoms with E-state index in [9.17, 15) is 0 Å². The Hall–Kier alpha value is -1.64. The molecule has 1 aromatic carbocycles. The van der Waals surface area contributed by atoms with Crippen LogP contribution in [0.1, 0.15) is 25.5 Å². The highest BCUT2D eigenvalue weighted by Crippen LogP contribution is 2.34. The summed E-state index contributed by atoms with van der Waals surface area (Å²) < 4.78 is 6.38. The number of thiazole rings is 1. The zero-order valence-electron chi connectivity index (χ0n) is 14.2. The second kappa shape index (κ2) is 9.17. The van der Waals surface area contributed by atoms with E-state index in [1.165, 1.54) is 6.42 Å². The van der Waals surface area contributed by atoms with Crippen LogP contribution >= 0.6 is 34.4 Å². The van der Waals surface area contributed by atoms with Gasteiger partial charge in [0.1, 0.15) is 10.8 Å². The number of nitrogens with zero attached hydrogens (tertiary/aromatic N) is 3. The monoisotopic (exact) mass is 392 g/mol. The standard InChI is InChI=1S/C17H20N4OS3/c1-3-4-9-18-16-20-21-17(25-16)24-11-12-10-23-15(19-12)13-7-5-6-8-14(13)22-2/h5-8,10H,3-4,9,11H2,1-2H3,(H,18,20). The summed E-state index contributed by atoms with van der Waals surface area (Å²) in [6.07, 6.45) is 2.32. The highest BCUT2D eigenvalue weighted by molar-refractivity contribution is 8.00. The summed E-state index contributed by atoms with van der Waals surface area (Å²) in [6.45, 7) is 3.13. The molecule has 0 aliphatic carbocycles. The molecule has 0 unspecified atom stereocenters. The number of ether oxygens (including phenoxy) is 1. The van der Waals surface area contributed by atoms with Gasteiger partial charge in [0.05, 0.1) is 18.4 Å². The molecule has 25 heavy (non-hydrogen) atoms. The minimum Gasteiger partial charge on any atom is -0.496 e. The highest BCUT2D eigenvalue weighted by Gasteiger charge is 2.11. The van der Waals surface area contributed by atoms with Crippen LogP contribution in [0.5, 0.6) is 5.75 Å². The lowest BCUT2D eigenvalue weighted by atomic mass is 10.2. The minimum atomic E-state index is 0.787. The van der Waals surface area contributed by atoms with Gasteiger partial charge in [-0.2, -0.15) is 0 Å². The molecule has 3 aromatic rings. The third kappa shape index (κ3) is 4.93. The Morgan fingerprint density at radius 1 is 1.24 bits per heavy atom. The first-order valence-electron chi connectivity index (χ1n) is 8.08. The second-order valence-electron chi connectivity index (χ2n) is 5.29. The van der Waals surface area contributed by atoms with E-state index in [1.54, 1.807) is 41.5 Å². The van der Waals surface area contributed by atoms with E-state index in [0.29, 0.717) is 0 Å². The van der Waals surface area contributed by atoms with Crippen molar-refractivity contribution in [2.45, 2.75) is 29.9 Å². The van der Waals surface area contributed by atoms with E-state index < -0.39 is 0 Å². The van der Waals surface area contributed by atoms with Crippen LogP contribution in [0.25, 0.3) is 10.6 Å². The summed E-state index contributed by atoms with van der Waals surface area (Å²) in [6, 6.07) is 7.96. The van der Waals surface area contributed by atoms with Gasteiger partial charge in [-0.1, -0.05) is 48.6 Å². The second-order valence-corrected chi connectivity index (χ2v) is 8.34. The average Bonchev–Trinajstić information content (AvgIpc) is 3.29. The topological polar surface area (TPSA) is 59.9 Å². The molecule has 0 fully saturated rings. The van der Waals surface area contributed by atoms with Gasteiger partial charge >= 0.3 is 0 Å². The average molecular weight is 393 g/mol. The Morgan fingerprint density at radius 2 is 2.12 bits per heavy atom. The van der Waals surface area contributed by atoms with Crippen LogP contribution in [0, 0.1) is 0 Å². The molecular weight excluding hydrogens is 372 g/mol. The lowest BCUT2D eigenvalue weighted by molar-refractivity contribution is 0.416. The fraction of sp³-hybridized carbons (Fsp3) is 0.353. The van der Waals surface area contributed by atoms with Crippen molar-refractivity contribution >= 4 is 39.6 Å². The van der Waals surface area contributed by atoms with E-state index in [1.807, 2.05) is 24.3 Å². The molecule has 0 amide bonds. The molecule has 2 aromatic heterocycles. The van der Waals surface area contributed by atoms with Gasteiger partial charge in [0.2, 0.25) is 5.13 Å². The zero-order valence-corrected chi connectivity index (χ0v) is 16.6. The van der Waals surface area contributed by atoms with Gasteiger partial charge < -0.3 is 10.1 Å². The lowest BCUT2D eigenvalue weighted by Gasteiger charge is -2.04. The molecule has 5 nitrogen and oxygen atoms in total. The molecule has 0 aliphatic heterocycles. The van der Waals surface area contributed by atoms with Crippen molar-refractivity contribution in [2.75, 3.05) is 19.0 Å². The van der Waals surface area contributed by atoms with E-state index in [4.69, 9.17) is 9.72 Å². The Labute approximate surface area is 159 Å². The van der Waals surface area contributed by atoms with Crippen molar-refractivity contribution in [1.82, 2.24) is 15.2 Å². The van der Waals surface area contributed by atoms with Crippen molar-refractivity contribution in [3.8, 4) is 16.3 Å². The largest absolute Gasteiger partial charge is 0.496 e. The summed E-state index contributed by atoms with van der Waals surface area (Å²) >= 11 is 4.90. The van der Waals surface area contributed by atoms with Crippen LogP contribution in [0.3, 0.4) is 0 Å². The van der Waals surface area contributed by atoms with Crippen LogP contribution in [0.4, 0.5) is 5.13 Å². The molecule has 8 heteroatoms. The van der Waals surface area contributed by atoms with Crippen LogP contribution in [0.15, 0.2) is 34.0 Å². The van der Waals surface area contributed by atoms with E-state index in [-0.39, 0.29) is 0 Å². The van der Waals surface area contributed by atoms with Crippen molar-refractivity contribution in [3.63, 3.8) is 0 Å². The Kier molecular flexibility index (Phi) is 6.66. The smallest absolute Gasteiger partial charge is 0.206 e. The number of benzene rings is 1. The third-order valence-electron chi connectivity index (χ3n) is 3.45. The van der Waals surface area contributed by atoms with Crippen molar-refractivity contribution in [1.29, 1.82) is 0 Å². The number of hydrogen-bond donors (Lipinski definition) is 1. The fourth-order valence-corrected chi connectivity index (χ4v) is 4.79.